The number of hydrogen-bond acceptors (Lipinski definition) is 6. The van der Waals surface area contributed by atoms with Crippen molar-refractivity contribution in [1.29, 1.82) is 0 Å². The molecule has 0 fully saturated rings. The fourth-order valence-electron chi connectivity index (χ4n) is 2.36. The van der Waals surface area contributed by atoms with Crippen molar-refractivity contribution < 1.29 is 23.8 Å². The average Bonchev–Trinajstić information content (AvgIpc) is 2.73. The first-order chi connectivity index (χ1) is 13.5. The van der Waals surface area contributed by atoms with Gasteiger partial charge in [0, 0.05) is 23.2 Å². The van der Waals surface area contributed by atoms with E-state index in [1.54, 1.807) is 43.3 Å². The lowest BCUT2D eigenvalue weighted by Gasteiger charge is -2.12. The lowest BCUT2D eigenvalue weighted by Crippen LogP contribution is -2.17. The number of hydrazone groups is 1. The molecule has 0 atom stereocenters. The zero-order valence-corrected chi connectivity index (χ0v) is 16.2. The number of hydrogen-bond donors (Lipinski definition) is 2. The highest BCUT2D eigenvalue weighted by Gasteiger charge is 2.12. The Morgan fingerprint density at radius 1 is 1.00 bits per heavy atom. The molecule has 28 heavy (non-hydrogen) atoms. The van der Waals surface area contributed by atoms with Crippen molar-refractivity contribution in [3.63, 3.8) is 0 Å². The Morgan fingerprint density at radius 2 is 1.61 bits per heavy atom. The smallest absolute Gasteiger partial charge is 0.271 e. The minimum atomic E-state index is -0.378. The Labute approximate surface area is 163 Å². The molecule has 0 saturated heterocycles. The van der Waals surface area contributed by atoms with E-state index in [0.717, 1.165) is 0 Å². The molecule has 0 spiro atoms. The molecule has 2 amide bonds. The van der Waals surface area contributed by atoms with Crippen LogP contribution in [0, 0.1) is 0 Å². The molecule has 8 nitrogen and oxygen atoms in total. The van der Waals surface area contributed by atoms with Crippen LogP contribution in [0.3, 0.4) is 0 Å². The van der Waals surface area contributed by atoms with Crippen LogP contribution in [0.2, 0.25) is 0 Å². The Hall–Kier alpha value is -3.55. The Balaban J connectivity index is 2.06. The number of benzene rings is 2. The lowest BCUT2D eigenvalue weighted by atomic mass is 10.2. The van der Waals surface area contributed by atoms with Gasteiger partial charge in [0.25, 0.3) is 5.91 Å². The minimum absolute atomic E-state index is 0.0906. The van der Waals surface area contributed by atoms with Gasteiger partial charge in [-0.3, -0.25) is 9.59 Å². The van der Waals surface area contributed by atoms with Gasteiger partial charge in [0.15, 0.2) is 11.5 Å². The third kappa shape index (κ3) is 5.23. The largest absolute Gasteiger partial charge is 0.493 e. The topological polar surface area (TPSA) is 98.3 Å². The molecule has 0 radical (unpaired) electrons. The van der Waals surface area contributed by atoms with Gasteiger partial charge in [-0.1, -0.05) is 6.92 Å². The zero-order chi connectivity index (χ0) is 20.5. The summed E-state index contributed by atoms with van der Waals surface area (Å²) < 4.78 is 15.8. The zero-order valence-electron chi connectivity index (χ0n) is 16.2. The van der Waals surface area contributed by atoms with E-state index in [-0.39, 0.29) is 11.8 Å². The minimum Gasteiger partial charge on any atom is -0.493 e. The number of rotatable bonds is 8. The molecule has 0 saturated carbocycles. The van der Waals surface area contributed by atoms with Crippen molar-refractivity contribution >= 4 is 23.7 Å². The van der Waals surface area contributed by atoms with Crippen molar-refractivity contribution in [2.45, 2.75) is 13.3 Å². The predicted octanol–water partition coefficient (Wildman–Crippen LogP) is 2.82. The number of anilines is 1. The molecule has 0 aromatic heterocycles. The standard InChI is InChI=1S/C20H23N3O5/c1-5-18(24)22-15-8-6-14(7-9-15)20(25)23-21-12-13-10-16(26-2)19(28-4)17(11-13)27-3/h6-12H,5H2,1-4H3,(H,22,24)(H,23,25)/b21-12-. The predicted molar refractivity (Wildman–Crippen MR) is 107 cm³/mol. The maximum atomic E-state index is 12.2. The Bertz CT molecular complexity index is 838. The molecule has 0 unspecified atom stereocenters. The maximum Gasteiger partial charge on any atom is 0.271 e. The van der Waals surface area contributed by atoms with E-state index in [9.17, 15) is 9.59 Å². The van der Waals surface area contributed by atoms with Crippen LogP contribution in [0.5, 0.6) is 17.2 Å². The number of methoxy groups -OCH3 is 3. The average molecular weight is 385 g/mol. The molecule has 8 heteroatoms. The molecule has 0 aliphatic carbocycles. The summed E-state index contributed by atoms with van der Waals surface area (Å²) in [5, 5.41) is 6.68. The van der Waals surface area contributed by atoms with Gasteiger partial charge in [0.05, 0.1) is 27.5 Å². The number of ether oxygens (including phenoxy) is 3. The first kappa shape index (κ1) is 20.8. The number of carbonyl (C=O) groups is 2. The van der Waals surface area contributed by atoms with E-state index in [2.05, 4.69) is 15.8 Å². The molecule has 2 aromatic carbocycles. The number of nitrogens with zero attached hydrogens (tertiary/aromatic N) is 1. The van der Waals surface area contributed by atoms with Gasteiger partial charge in [0.1, 0.15) is 0 Å². The SMILES string of the molecule is CCC(=O)Nc1ccc(C(=O)N/N=C\c2cc(OC)c(OC)c(OC)c2)cc1. The molecule has 148 valence electrons. The van der Waals surface area contributed by atoms with Crippen LogP contribution in [0.25, 0.3) is 0 Å². The number of amides is 2. The summed E-state index contributed by atoms with van der Waals surface area (Å²) in [5.41, 5.74) is 4.15. The first-order valence-corrected chi connectivity index (χ1v) is 8.55. The van der Waals surface area contributed by atoms with Gasteiger partial charge < -0.3 is 19.5 Å². The van der Waals surface area contributed by atoms with Gasteiger partial charge in [0.2, 0.25) is 11.7 Å². The van der Waals surface area contributed by atoms with Crippen molar-refractivity contribution in [3.05, 3.63) is 47.5 Å². The third-order valence-electron chi connectivity index (χ3n) is 3.82. The molecular formula is C20H23N3O5. The summed E-state index contributed by atoms with van der Waals surface area (Å²) in [6.45, 7) is 1.77. The van der Waals surface area contributed by atoms with Crippen molar-refractivity contribution in [2.24, 2.45) is 5.10 Å². The van der Waals surface area contributed by atoms with Crippen LogP contribution in [-0.2, 0) is 4.79 Å². The van der Waals surface area contributed by atoms with E-state index >= 15 is 0 Å². The summed E-state index contributed by atoms with van der Waals surface area (Å²) in [4.78, 5) is 23.6. The second-order valence-corrected chi connectivity index (χ2v) is 5.64. The first-order valence-electron chi connectivity index (χ1n) is 8.55. The quantitative estimate of drug-likeness (QED) is 0.538. The van der Waals surface area contributed by atoms with Gasteiger partial charge in [-0.25, -0.2) is 5.43 Å². The van der Waals surface area contributed by atoms with E-state index in [1.807, 2.05) is 0 Å². The van der Waals surface area contributed by atoms with Crippen LogP contribution in [-0.4, -0.2) is 39.4 Å². The highest BCUT2D eigenvalue weighted by Crippen LogP contribution is 2.37. The molecular weight excluding hydrogens is 362 g/mol. The molecule has 0 bridgehead atoms. The Morgan fingerprint density at radius 3 is 2.11 bits per heavy atom. The van der Waals surface area contributed by atoms with Gasteiger partial charge in [-0.05, 0) is 36.4 Å². The fraction of sp³-hybridized carbons (Fsp3) is 0.250. The van der Waals surface area contributed by atoms with Crippen LogP contribution < -0.4 is 25.0 Å². The normalized spacial score (nSPS) is 10.4. The van der Waals surface area contributed by atoms with Gasteiger partial charge >= 0.3 is 0 Å². The summed E-state index contributed by atoms with van der Waals surface area (Å²) in [6, 6.07) is 9.95. The van der Waals surface area contributed by atoms with Gasteiger partial charge in [-0.15, -0.1) is 0 Å². The molecule has 0 aliphatic heterocycles. The molecule has 2 N–H and O–H groups in total. The van der Waals surface area contributed by atoms with Crippen LogP contribution in [0.1, 0.15) is 29.3 Å². The van der Waals surface area contributed by atoms with E-state index in [1.165, 1.54) is 27.5 Å². The van der Waals surface area contributed by atoms with Crippen molar-refractivity contribution in [3.8, 4) is 17.2 Å². The van der Waals surface area contributed by atoms with E-state index in [4.69, 9.17) is 14.2 Å². The highest BCUT2D eigenvalue weighted by atomic mass is 16.5. The summed E-state index contributed by atoms with van der Waals surface area (Å²) in [5.74, 6) is 0.976. The maximum absolute atomic E-state index is 12.2. The molecule has 0 heterocycles. The molecule has 2 rings (SSSR count). The van der Waals surface area contributed by atoms with E-state index < -0.39 is 0 Å². The monoisotopic (exact) mass is 385 g/mol. The molecule has 2 aromatic rings. The highest BCUT2D eigenvalue weighted by molar-refractivity contribution is 5.96. The summed E-state index contributed by atoms with van der Waals surface area (Å²) in [6.07, 6.45) is 1.86. The van der Waals surface area contributed by atoms with Crippen molar-refractivity contribution in [2.75, 3.05) is 26.6 Å². The summed E-state index contributed by atoms with van der Waals surface area (Å²) in [7, 11) is 4.56. The van der Waals surface area contributed by atoms with Crippen LogP contribution in [0.15, 0.2) is 41.5 Å². The Kier molecular flexibility index (Phi) is 7.38. The number of carbonyl (C=O) groups excluding carboxylic acids is 2. The van der Waals surface area contributed by atoms with Crippen LogP contribution >= 0.6 is 0 Å². The van der Waals surface area contributed by atoms with Crippen molar-refractivity contribution in [1.82, 2.24) is 5.43 Å². The second kappa shape index (κ2) is 9.96. The molecule has 0 aliphatic rings. The lowest BCUT2D eigenvalue weighted by molar-refractivity contribution is -0.115. The van der Waals surface area contributed by atoms with Gasteiger partial charge in [-0.2, -0.15) is 5.10 Å². The van der Waals surface area contributed by atoms with E-state index in [0.29, 0.717) is 40.5 Å². The third-order valence-corrected chi connectivity index (χ3v) is 3.82. The number of nitrogens with one attached hydrogen (secondary N) is 2. The fourth-order valence-corrected chi connectivity index (χ4v) is 2.36. The van der Waals surface area contributed by atoms with Crippen LogP contribution in [0.4, 0.5) is 5.69 Å². The second-order valence-electron chi connectivity index (χ2n) is 5.64. The summed E-state index contributed by atoms with van der Waals surface area (Å²) >= 11 is 0.